The van der Waals surface area contributed by atoms with E-state index < -0.39 is 44.2 Å². The fraction of sp³-hybridized carbons (Fsp3) is 0.350. The normalized spacial score (nSPS) is 15.8. The standard InChI is InChI=1S/C20H18ClF5N2O3S/c21-15-6-4-13(20(24,25)26)12-18(15)32(30,31)28-10-8-27(9-11-28)19(29)7-5-14-16(22)2-1-3-17(14)23/h1-4,6,12H,5,7-11H2. The first-order chi connectivity index (χ1) is 14.9. The zero-order valence-corrected chi connectivity index (χ0v) is 18.1. The van der Waals surface area contributed by atoms with Crippen LogP contribution in [0.1, 0.15) is 17.5 Å². The maximum Gasteiger partial charge on any atom is 0.416 e. The molecule has 1 aliphatic rings. The number of alkyl halides is 3. The second kappa shape index (κ2) is 9.32. The molecule has 1 aliphatic heterocycles. The van der Waals surface area contributed by atoms with E-state index in [1.165, 1.54) is 11.0 Å². The molecule has 0 saturated carbocycles. The van der Waals surface area contributed by atoms with Crippen molar-refractivity contribution >= 4 is 27.5 Å². The van der Waals surface area contributed by atoms with Crippen LogP contribution in [0.3, 0.4) is 0 Å². The summed E-state index contributed by atoms with van der Waals surface area (Å²) < 4.78 is 92.9. The lowest BCUT2D eigenvalue weighted by molar-refractivity contribution is -0.137. The Morgan fingerprint density at radius 1 is 1.00 bits per heavy atom. The molecule has 32 heavy (non-hydrogen) atoms. The molecule has 0 N–H and O–H groups in total. The molecule has 2 aromatic carbocycles. The van der Waals surface area contributed by atoms with Crippen molar-refractivity contribution in [2.24, 2.45) is 0 Å². The maximum absolute atomic E-state index is 13.7. The molecule has 12 heteroatoms. The first-order valence-corrected chi connectivity index (χ1v) is 11.3. The summed E-state index contributed by atoms with van der Waals surface area (Å²) in [6.07, 6.45) is -5.07. The molecule has 0 radical (unpaired) electrons. The first kappa shape index (κ1) is 24.4. The van der Waals surface area contributed by atoms with Crippen LogP contribution in [0.2, 0.25) is 5.02 Å². The lowest BCUT2D eigenvalue weighted by Gasteiger charge is -2.34. The van der Waals surface area contributed by atoms with Crippen LogP contribution in [0.15, 0.2) is 41.3 Å². The summed E-state index contributed by atoms with van der Waals surface area (Å²) in [4.78, 5) is 13.1. The Morgan fingerprint density at radius 2 is 1.59 bits per heavy atom. The fourth-order valence-corrected chi connectivity index (χ4v) is 5.28. The molecule has 3 rings (SSSR count). The minimum Gasteiger partial charge on any atom is -0.340 e. The molecule has 0 atom stereocenters. The lowest BCUT2D eigenvalue weighted by atomic mass is 10.1. The van der Waals surface area contributed by atoms with Crippen molar-refractivity contribution in [3.63, 3.8) is 0 Å². The summed E-state index contributed by atoms with van der Waals surface area (Å²) in [6, 6.07) is 5.44. The van der Waals surface area contributed by atoms with E-state index in [1.54, 1.807) is 0 Å². The third kappa shape index (κ3) is 5.21. The van der Waals surface area contributed by atoms with E-state index in [9.17, 15) is 35.2 Å². The topological polar surface area (TPSA) is 57.7 Å². The van der Waals surface area contributed by atoms with Gasteiger partial charge in [-0.3, -0.25) is 4.79 Å². The number of hydrogen-bond acceptors (Lipinski definition) is 3. The Morgan fingerprint density at radius 3 is 2.16 bits per heavy atom. The second-order valence-corrected chi connectivity index (χ2v) is 9.44. The molecule has 0 aromatic heterocycles. The number of nitrogens with zero attached hydrogens (tertiary/aromatic N) is 2. The van der Waals surface area contributed by atoms with Gasteiger partial charge in [-0.15, -0.1) is 0 Å². The third-order valence-corrected chi connectivity index (χ3v) is 7.50. The van der Waals surface area contributed by atoms with E-state index in [0.717, 1.165) is 22.5 Å². The molecule has 5 nitrogen and oxygen atoms in total. The van der Waals surface area contributed by atoms with Crippen molar-refractivity contribution in [1.29, 1.82) is 0 Å². The largest absolute Gasteiger partial charge is 0.416 e. The molecule has 0 spiro atoms. The molecule has 174 valence electrons. The van der Waals surface area contributed by atoms with Crippen LogP contribution in [0.4, 0.5) is 22.0 Å². The van der Waals surface area contributed by atoms with Crippen LogP contribution in [0.5, 0.6) is 0 Å². The highest BCUT2D eigenvalue weighted by atomic mass is 35.5. The summed E-state index contributed by atoms with van der Waals surface area (Å²) in [5.41, 5.74) is -1.35. The van der Waals surface area contributed by atoms with Crippen molar-refractivity contribution in [2.75, 3.05) is 26.2 Å². The smallest absolute Gasteiger partial charge is 0.340 e. The number of halogens is 6. The van der Waals surface area contributed by atoms with Gasteiger partial charge in [-0.25, -0.2) is 17.2 Å². The van der Waals surface area contributed by atoms with Crippen molar-refractivity contribution in [3.05, 3.63) is 64.2 Å². The minimum atomic E-state index is -4.74. The van der Waals surface area contributed by atoms with Crippen molar-refractivity contribution in [3.8, 4) is 0 Å². The minimum absolute atomic E-state index is 0.0194. The van der Waals surface area contributed by atoms with E-state index >= 15 is 0 Å². The highest BCUT2D eigenvalue weighted by molar-refractivity contribution is 7.89. The fourth-order valence-electron chi connectivity index (χ4n) is 3.36. The number of amides is 1. The molecule has 0 bridgehead atoms. The molecular formula is C20H18ClF5N2O3S. The number of sulfonamides is 1. The first-order valence-electron chi connectivity index (χ1n) is 9.49. The van der Waals surface area contributed by atoms with E-state index in [1.807, 2.05) is 0 Å². The van der Waals surface area contributed by atoms with Crippen LogP contribution < -0.4 is 0 Å². The number of piperazine rings is 1. The Hall–Kier alpha value is -2.24. The quantitative estimate of drug-likeness (QED) is 0.586. The zero-order valence-electron chi connectivity index (χ0n) is 16.5. The number of hydrogen-bond donors (Lipinski definition) is 0. The predicted molar refractivity (Wildman–Crippen MR) is 106 cm³/mol. The van der Waals surface area contributed by atoms with Gasteiger partial charge in [0.25, 0.3) is 0 Å². The molecule has 0 aliphatic carbocycles. The van der Waals surface area contributed by atoms with Crippen LogP contribution in [0.25, 0.3) is 0 Å². The second-order valence-electron chi connectivity index (χ2n) is 7.13. The highest BCUT2D eigenvalue weighted by Crippen LogP contribution is 2.34. The Balaban J connectivity index is 1.65. The summed E-state index contributed by atoms with van der Waals surface area (Å²) in [7, 11) is -4.33. The van der Waals surface area contributed by atoms with Gasteiger partial charge in [-0.05, 0) is 36.8 Å². The van der Waals surface area contributed by atoms with E-state index in [0.29, 0.717) is 12.1 Å². The van der Waals surface area contributed by atoms with Gasteiger partial charge in [0.15, 0.2) is 0 Å². The monoisotopic (exact) mass is 496 g/mol. The van der Waals surface area contributed by atoms with Gasteiger partial charge in [-0.2, -0.15) is 17.5 Å². The van der Waals surface area contributed by atoms with Crippen LogP contribution in [-0.4, -0.2) is 49.7 Å². The summed E-state index contributed by atoms with van der Waals surface area (Å²) >= 11 is 5.86. The number of carbonyl (C=O) groups excluding carboxylic acids is 1. The molecule has 1 amide bonds. The van der Waals surface area contributed by atoms with Gasteiger partial charge in [0, 0.05) is 38.2 Å². The van der Waals surface area contributed by atoms with Gasteiger partial charge < -0.3 is 4.90 Å². The average Bonchev–Trinajstić information content (AvgIpc) is 2.72. The third-order valence-electron chi connectivity index (χ3n) is 5.12. The molecule has 1 saturated heterocycles. The van der Waals surface area contributed by atoms with Crippen molar-refractivity contribution in [2.45, 2.75) is 23.9 Å². The molecule has 0 unspecified atom stereocenters. The SMILES string of the molecule is O=C(CCc1c(F)cccc1F)N1CCN(S(=O)(=O)c2cc(C(F)(F)F)ccc2Cl)CC1. The molecule has 1 heterocycles. The highest BCUT2D eigenvalue weighted by Gasteiger charge is 2.35. The predicted octanol–water partition coefficient (Wildman–Crippen LogP) is 4.10. The lowest BCUT2D eigenvalue weighted by Crippen LogP contribution is -2.50. The van der Waals surface area contributed by atoms with Gasteiger partial charge in [0.2, 0.25) is 15.9 Å². The van der Waals surface area contributed by atoms with E-state index in [2.05, 4.69) is 0 Å². The Bertz CT molecular complexity index is 1100. The van der Waals surface area contributed by atoms with Crippen LogP contribution >= 0.6 is 11.6 Å². The van der Waals surface area contributed by atoms with Crippen LogP contribution in [0, 0.1) is 11.6 Å². The Kier molecular flexibility index (Phi) is 7.11. The number of benzene rings is 2. The molecule has 1 fully saturated rings. The van der Waals surface area contributed by atoms with Crippen molar-refractivity contribution < 1.29 is 35.2 Å². The van der Waals surface area contributed by atoms with E-state index in [-0.39, 0.29) is 49.6 Å². The Labute approximate surface area is 186 Å². The van der Waals surface area contributed by atoms with Crippen molar-refractivity contribution in [1.82, 2.24) is 9.21 Å². The summed E-state index contributed by atoms with van der Waals surface area (Å²) in [5, 5.41) is -0.344. The van der Waals surface area contributed by atoms with Gasteiger partial charge in [-0.1, -0.05) is 17.7 Å². The van der Waals surface area contributed by atoms with Gasteiger partial charge in [0.1, 0.15) is 16.5 Å². The van der Waals surface area contributed by atoms with Gasteiger partial charge >= 0.3 is 6.18 Å². The summed E-state index contributed by atoms with van der Waals surface area (Å²) in [5.74, 6) is -1.93. The van der Waals surface area contributed by atoms with Crippen LogP contribution in [-0.2, 0) is 27.4 Å². The average molecular weight is 497 g/mol. The molecule has 2 aromatic rings. The maximum atomic E-state index is 13.7. The summed E-state index contributed by atoms with van der Waals surface area (Å²) in [6.45, 7) is -0.355. The van der Waals surface area contributed by atoms with Gasteiger partial charge in [0.05, 0.1) is 10.6 Å². The zero-order chi connectivity index (χ0) is 23.7. The number of rotatable bonds is 5. The number of carbonyl (C=O) groups is 1. The van der Waals surface area contributed by atoms with E-state index in [4.69, 9.17) is 11.6 Å². The molecular weight excluding hydrogens is 479 g/mol.